The van der Waals surface area contributed by atoms with Gasteiger partial charge in [-0.1, -0.05) is 65.8 Å². The fourth-order valence-electron chi connectivity index (χ4n) is 11.9. The number of hydrogen-bond donors (Lipinski definition) is 5. The highest BCUT2D eigenvalue weighted by molar-refractivity contribution is 8.77. The van der Waals surface area contributed by atoms with Gasteiger partial charge in [-0.05, 0) is 119 Å². The van der Waals surface area contributed by atoms with Crippen molar-refractivity contribution in [2.45, 2.75) is 171 Å². The zero-order valence-corrected chi connectivity index (χ0v) is 38.9. The SMILES string of the molecule is CC(=O)OC1CCc2cc(c(O)c3c2C=CC2CCCC2O3)CN2CC(Cc3ccnc(N)c3)(CCN=C(N)NC3(CCCC34CCCC4)SSCCCCCCC(O)C1)CC2=O. The third-order valence-corrected chi connectivity index (χ3v) is 18.4. The van der Waals surface area contributed by atoms with Crippen LogP contribution in [0.2, 0.25) is 0 Å². The first kappa shape index (κ1) is 45.9. The van der Waals surface area contributed by atoms with Crippen LogP contribution < -0.4 is 21.5 Å². The van der Waals surface area contributed by atoms with Crippen molar-refractivity contribution in [3.05, 3.63) is 52.7 Å². The van der Waals surface area contributed by atoms with Gasteiger partial charge >= 0.3 is 5.97 Å². The molecule has 1 saturated heterocycles. The van der Waals surface area contributed by atoms with Gasteiger partial charge in [0.15, 0.2) is 17.5 Å². The Balaban J connectivity index is 1.11. The van der Waals surface area contributed by atoms with Crippen molar-refractivity contribution in [1.29, 1.82) is 0 Å². The number of nitrogens with one attached hydrogen (secondary N) is 1. The van der Waals surface area contributed by atoms with E-state index < -0.39 is 17.6 Å². The largest absolute Gasteiger partial charge is 0.504 e. The highest BCUT2D eigenvalue weighted by Crippen LogP contribution is 2.63. The maximum Gasteiger partial charge on any atom is 0.302 e. The van der Waals surface area contributed by atoms with Gasteiger partial charge in [-0.2, -0.15) is 0 Å². The highest BCUT2D eigenvalue weighted by atomic mass is 33.1. The van der Waals surface area contributed by atoms with Crippen LogP contribution in [-0.4, -0.2) is 80.0 Å². The molecule has 1 aromatic carbocycles. The fraction of sp³-hybridized carbons (Fsp3) is 0.673. The molecule has 6 aliphatic rings. The van der Waals surface area contributed by atoms with Crippen molar-refractivity contribution < 1.29 is 29.3 Å². The Bertz CT molecular complexity index is 2000. The molecule has 3 aliphatic heterocycles. The number of esters is 1. The van der Waals surface area contributed by atoms with Crippen molar-refractivity contribution in [1.82, 2.24) is 15.2 Å². The highest BCUT2D eigenvalue weighted by Gasteiger charge is 2.57. The molecule has 4 heterocycles. The molecule has 63 heavy (non-hydrogen) atoms. The number of ether oxygens (including phenoxy) is 2. The average Bonchev–Trinajstić information content (AvgIpc) is 4.02. The minimum atomic E-state index is -0.582. The molecular formula is C49H70N6O6S2. The van der Waals surface area contributed by atoms with Gasteiger partial charge < -0.3 is 41.4 Å². The quantitative estimate of drug-likeness (QED) is 0.146. The van der Waals surface area contributed by atoms with Gasteiger partial charge in [0.05, 0.1) is 6.10 Å². The summed E-state index contributed by atoms with van der Waals surface area (Å²) in [4.78, 5) is 37.6. The van der Waals surface area contributed by atoms with Crippen LogP contribution in [0.4, 0.5) is 5.82 Å². The molecule has 344 valence electrons. The molecule has 1 aromatic heterocycles. The van der Waals surface area contributed by atoms with Crippen LogP contribution in [0.15, 0.2) is 35.5 Å². The number of guanidine groups is 1. The Labute approximate surface area is 382 Å². The lowest BCUT2D eigenvalue weighted by Gasteiger charge is -2.44. The maximum absolute atomic E-state index is 14.3. The number of aliphatic imine (C=N–C) groups is 1. The van der Waals surface area contributed by atoms with E-state index in [4.69, 9.17) is 25.9 Å². The van der Waals surface area contributed by atoms with E-state index in [1.54, 1.807) is 6.20 Å². The molecule has 6 atom stereocenters. The number of nitrogens with zero attached hydrogens (tertiary/aromatic N) is 3. The predicted octanol–water partition coefficient (Wildman–Crippen LogP) is 8.60. The monoisotopic (exact) mass is 902 g/mol. The zero-order valence-electron chi connectivity index (χ0n) is 37.3. The molecule has 3 aliphatic carbocycles. The summed E-state index contributed by atoms with van der Waals surface area (Å²) in [6, 6.07) is 5.87. The topological polar surface area (TPSA) is 186 Å². The number of aryl methyl sites for hydroxylation is 1. The van der Waals surface area contributed by atoms with E-state index in [2.05, 4.69) is 22.5 Å². The number of aromatic nitrogens is 1. The number of aromatic hydroxyl groups is 1. The summed E-state index contributed by atoms with van der Waals surface area (Å²) in [5, 5.41) is 27.1. The number of amides is 1. The maximum atomic E-state index is 14.3. The third kappa shape index (κ3) is 10.8. The van der Waals surface area contributed by atoms with Gasteiger partial charge in [-0.15, -0.1) is 0 Å². The van der Waals surface area contributed by atoms with Gasteiger partial charge in [0.2, 0.25) is 5.91 Å². The number of nitrogen functional groups attached to an aromatic ring is 1. The number of carbonyl (C=O) groups is 2. The number of benzene rings is 1. The summed E-state index contributed by atoms with van der Waals surface area (Å²) < 4.78 is 12.5. The number of hydrogen-bond acceptors (Lipinski definition) is 13. The zero-order chi connectivity index (χ0) is 44.0. The Hall–Kier alpha value is -3.62. The van der Waals surface area contributed by atoms with E-state index in [0.717, 1.165) is 73.8 Å². The van der Waals surface area contributed by atoms with Gasteiger partial charge in [0.1, 0.15) is 22.9 Å². The summed E-state index contributed by atoms with van der Waals surface area (Å²) in [7, 11) is 3.94. The predicted molar refractivity (Wildman–Crippen MR) is 253 cm³/mol. The molecule has 0 radical (unpaired) electrons. The molecule has 14 heteroatoms. The number of nitrogens with two attached hydrogens (primary N) is 2. The van der Waals surface area contributed by atoms with E-state index in [0.29, 0.717) is 81.1 Å². The van der Waals surface area contributed by atoms with Gasteiger partial charge in [0, 0.05) is 79.2 Å². The molecule has 6 unspecified atom stereocenters. The van der Waals surface area contributed by atoms with E-state index in [1.165, 1.54) is 45.4 Å². The standard InChI is InChI=1S/C49H70N6O6S2/c1-33(56)60-39-15-13-36-27-37(44(59)45-40(36)16-14-35-10-8-12-41(35)61-45)31-55-32-47(30-43(55)58,29-34-17-23-52-42(50)26-34)22-24-53-46(51)54-49(21-9-20-48(49)18-5-6-19-48)63-62-25-7-3-2-4-11-38(57)28-39/h14,16-17,23,26-27,35,38-39,41,57,59H,2-13,15,18-22,24-25,28-32H2,1H3,(H2,50,52)(H3,51,53,54). The first-order valence-corrected chi connectivity index (χ1v) is 26.2. The minimum Gasteiger partial charge on any atom is -0.504 e. The second kappa shape index (κ2) is 20.3. The number of rotatable bonds is 3. The van der Waals surface area contributed by atoms with Crippen LogP contribution in [0.5, 0.6) is 11.5 Å². The Morgan fingerprint density at radius 3 is 2.65 bits per heavy atom. The number of aliphatic hydroxyl groups excluding tert-OH is 1. The third-order valence-electron chi connectivity index (χ3n) is 15.1. The summed E-state index contributed by atoms with van der Waals surface area (Å²) >= 11 is 0. The first-order chi connectivity index (χ1) is 30.4. The lowest BCUT2D eigenvalue weighted by Crippen LogP contribution is -2.55. The van der Waals surface area contributed by atoms with Crippen molar-refractivity contribution >= 4 is 51.3 Å². The summed E-state index contributed by atoms with van der Waals surface area (Å²) in [5.74, 6) is 2.42. The number of phenolic OH excluding ortho intramolecular Hbond substituents is 1. The number of pyridine rings is 1. The van der Waals surface area contributed by atoms with E-state index in [9.17, 15) is 19.8 Å². The first-order valence-electron chi connectivity index (χ1n) is 23.9. The second-order valence-corrected chi connectivity index (χ2v) is 22.4. The lowest BCUT2D eigenvalue weighted by atomic mass is 9.78. The average molecular weight is 903 g/mol. The van der Waals surface area contributed by atoms with Crippen molar-refractivity contribution in [3.8, 4) is 11.5 Å². The van der Waals surface area contributed by atoms with Crippen LogP contribution in [0.3, 0.4) is 0 Å². The molecule has 4 bridgehead atoms. The molecular weight excluding hydrogens is 833 g/mol. The van der Waals surface area contributed by atoms with Crippen LogP contribution in [0, 0.1) is 16.7 Å². The van der Waals surface area contributed by atoms with E-state index in [1.807, 2.05) is 44.7 Å². The van der Waals surface area contributed by atoms with Crippen molar-refractivity contribution in [2.24, 2.45) is 27.5 Å². The molecule has 7 N–H and O–H groups in total. The Morgan fingerprint density at radius 1 is 1.00 bits per heavy atom. The molecule has 8 rings (SSSR count). The number of phenols is 1. The van der Waals surface area contributed by atoms with Crippen LogP contribution in [-0.2, 0) is 33.7 Å². The van der Waals surface area contributed by atoms with Gasteiger partial charge in [0.25, 0.3) is 0 Å². The molecule has 12 nitrogen and oxygen atoms in total. The number of fused-ring (bicyclic) bond motifs is 8. The Morgan fingerprint density at radius 2 is 1.83 bits per heavy atom. The number of aliphatic hydroxyl groups is 1. The normalized spacial score (nSPS) is 30.9. The molecule has 2 aromatic rings. The second-order valence-electron chi connectivity index (χ2n) is 19.7. The molecule has 2 spiro atoms. The molecule has 4 fully saturated rings. The summed E-state index contributed by atoms with van der Waals surface area (Å²) in [5.41, 5.74) is 16.2. The van der Waals surface area contributed by atoms with Crippen LogP contribution in [0.25, 0.3) is 6.08 Å². The lowest BCUT2D eigenvalue weighted by molar-refractivity contribution is -0.148. The summed E-state index contributed by atoms with van der Waals surface area (Å²) in [6.07, 6.45) is 24.1. The Kier molecular flexibility index (Phi) is 14.8. The van der Waals surface area contributed by atoms with E-state index >= 15 is 0 Å². The summed E-state index contributed by atoms with van der Waals surface area (Å²) in [6.45, 7) is 2.58. The minimum absolute atomic E-state index is 0.0162. The van der Waals surface area contributed by atoms with Crippen molar-refractivity contribution in [3.63, 3.8) is 0 Å². The van der Waals surface area contributed by atoms with Crippen LogP contribution >= 0.6 is 21.6 Å². The number of anilines is 1. The smallest absolute Gasteiger partial charge is 0.302 e. The fourth-order valence-corrected chi connectivity index (χ4v) is 15.5. The van der Waals surface area contributed by atoms with Gasteiger partial charge in [-0.3, -0.25) is 14.6 Å². The molecule has 3 saturated carbocycles. The van der Waals surface area contributed by atoms with Crippen molar-refractivity contribution in [2.75, 3.05) is 24.6 Å². The van der Waals surface area contributed by atoms with Gasteiger partial charge in [-0.25, -0.2) is 4.98 Å². The van der Waals surface area contributed by atoms with Crippen LogP contribution in [0.1, 0.15) is 151 Å². The van der Waals surface area contributed by atoms with E-state index in [-0.39, 0.29) is 46.5 Å². The number of carbonyl (C=O) groups excluding carboxylic acids is 2. The molecule has 1 amide bonds.